The molecule has 0 amide bonds. The number of hydrogen-bond donors (Lipinski definition) is 0. The molecule has 72 heavy (non-hydrogen) atoms. The Balaban J connectivity index is 0.773. The van der Waals surface area contributed by atoms with E-state index in [4.69, 9.17) is 18.8 Å². The van der Waals surface area contributed by atoms with E-state index in [2.05, 4.69) is 215 Å². The normalized spacial score (nSPS) is 12.2. The van der Waals surface area contributed by atoms with Gasteiger partial charge in [-0.2, -0.15) is 0 Å². The van der Waals surface area contributed by atoms with Gasteiger partial charge in [-0.05, 0) is 105 Å². The molecular weight excluding hydrogens is 881 g/mol. The summed E-state index contributed by atoms with van der Waals surface area (Å²) >= 11 is 0. The van der Waals surface area contributed by atoms with Gasteiger partial charge in [0.05, 0.1) is 22.1 Å². The average molecular weight is 919 g/mol. The summed E-state index contributed by atoms with van der Waals surface area (Å²) in [6.45, 7) is 0. The molecule has 0 aliphatic carbocycles. The molecule has 0 saturated carbocycles. The van der Waals surface area contributed by atoms with Crippen molar-refractivity contribution in [3.05, 3.63) is 231 Å². The van der Waals surface area contributed by atoms with Gasteiger partial charge < -0.3 is 18.0 Å². The van der Waals surface area contributed by atoms with Gasteiger partial charge in [-0.25, -0.2) is 9.97 Å². The zero-order chi connectivity index (χ0) is 47.0. The van der Waals surface area contributed by atoms with Crippen LogP contribution in [0.3, 0.4) is 0 Å². The van der Waals surface area contributed by atoms with Crippen LogP contribution in [0.5, 0.6) is 0 Å². The predicted octanol–water partition coefficient (Wildman–Crippen LogP) is 17.8. The highest BCUT2D eigenvalue weighted by molar-refractivity contribution is 6.33. The van der Waals surface area contributed by atoms with Gasteiger partial charge in [-0.1, -0.05) is 158 Å². The first-order valence-corrected chi connectivity index (χ1v) is 24.4. The highest BCUT2D eigenvalue weighted by atomic mass is 16.4. The number of benzene rings is 12. The van der Waals surface area contributed by atoms with E-state index in [1.54, 1.807) is 0 Å². The van der Waals surface area contributed by atoms with Crippen LogP contribution in [0.2, 0.25) is 0 Å². The molecule has 0 spiro atoms. The van der Waals surface area contributed by atoms with E-state index >= 15 is 0 Å². The number of nitrogens with zero attached hydrogens (tertiary/aromatic N) is 4. The highest BCUT2D eigenvalue weighted by Gasteiger charge is 2.23. The lowest BCUT2D eigenvalue weighted by Crippen LogP contribution is -1.95. The van der Waals surface area contributed by atoms with E-state index in [0.29, 0.717) is 22.9 Å². The number of oxazole rings is 2. The Bertz CT molecular complexity index is 4600. The molecular formula is C66H38N4O2. The molecule has 16 aromatic rings. The minimum absolute atomic E-state index is 0.556. The Morgan fingerprint density at radius 1 is 0.278 bits per heavy atom. The zero-order valence-electron chi connectivity index (χ0n) is 38.5. The van der Waals surface area contributed by atoms with E-state index in [1.165, 1.54) is 75.7 Å². The van der Waals surface area contributed by atoms with Gasteiger partial charge in [0.15, 0.2) is 11.2 Å². The highest BCUT2D eigenvalue weighted by Crippen LogP contribution is 2.45. The summed E-state index contributed by atoms with van der Waals surface area (Å²) in [6, 6.07) is 81.8. The Hall–Kier alpha value is -9.78. The van der Waals surface area contributed by atoms with Crippen LogP contribution in [0.25, 0.3) is 154 Å². The SMILES string of the molecule is c1cc(-c2cccc3oc(-c4ccc(-n5c6ccccc6c6c7ccccc7c7ccccc7c65)cc4)nc23)c2nc(-c3ccc(-n4c5ccccc5c5c6ccccc6c6ccccc6c54)cc3)oc2c1. The van der Waals surface area contributed by atoms with Crippen molar-refractivity contribution < 1.29 is 8.83 Å². The molecule has 0 aliphatic rings. The number of hydrogen-bond acceptors (Lipinski definition) is 4. The van der Waals surface area contributed by atoms with E-state index in [-0.39, 0.29) is 0 Å². The first-order valence-electron chi connectivity index (χ1n) is 24.4. The zero-order valence-corrected chi connectivity index (χ0v) is 38.5. The third-order valence-corrected chi connectivity index (χ3v) is 15.0. The van der Waals surface area contributed by atoms with Crippen LogP contribution in [0, 0.1) is 0 Å². The molecule has 0 aliphatic heterocycles. The molecule has 0 bridgehead atoms. The molecule has 6 nitrogen and oxygen atoms in total. The molecule has 0 saturated heterocycles. The van der Waals surface area contributed by atoms with Crippen molar-refractivity contribution in [1.82, 2.24) is 19.1 Å². The van der Waals surface area contributed by atoms with Gasteiger partial charge in [-0.15, -0.1) is 0 Å². The lowest BCUT2D eigenvalue weighted by atomic mass is 9.97. The van der Waals surface area contributed by atoms with Crippen molar-refractivity contribution in [2.75, 3.05) is 0 Å². The second-order valence-electron chi connectivity index (χ2n) is 18.8. The summed E-state index contributed by atoms with van der Waals surface area (Å²) in [7, 11) is 0. The van der Waals surface area contributed by atoms with Crippen LogP contribution in [0.15, 0.2) is 239 Å². The molecule has 16 rings (SSSR count). The van der Waals surface area contributed by atoms with Crippen molar-refractivity contribution in [3.63, 3.8) is 0 Å². The molecule has 0 atom stereocenters. The molecule has 334 valence electrons. The van der Waals surface area contributed by atoms with Crippen molar-refractivity contribution in [2.24, 2.45) is 0 Å². The van der Waals surface area contributed by atoms with Gasteiger partial charge in [0.25, 0.3) is 0 Å². The Morgan fingerprint density at radius 3 is 1.01 bits per heavy atom. The fraction of sp³-hybridized carbons (Fsp3) is 0. The first-order chi connectivity index (χ1) is 35.7. The largest absolute Gasteiger partial charge is 0.436 e. The van der Waals surface area contributed by atoms with Crippen LogP contribution in [-0.2, 0) is 0 Å². The Kier molecular flexibility index (Phi) is 8.07. The summed E-state index contributed by atoms with van der Waals surface area (Å²) in [4.78, 5) is 10.4. The fourth-order valence-corrected chi connectivity index (χ4v) is 11.9. The maximum absolute atomic E-state index is 6.56. The molecule has 0 radical (unpaired) electrons. The maximum Gasteiger partial charge on any atom is 0.227 e. The molecule has 4 aromatic heterocycles. The monoisotopic (exact) mass is 918 g/mol. The van der Waals surface area contributed by atoms with E-state index in [9.17, 15) is 0 Å². The van der Waals surface area contributed by atoms with Crippen molar-refractivity contribution in [3.8, 4) is 45.4 Å². The molecule has 0 N–H and O–H groups in total. The quantitative estimate of drug-likeness (QED) is 0.161. The number of rotatable bonds is 5. The second-order valence-corrected chi connectivity index (χ2v) is 18.8. The lowest BCUT2D eigenvalue weighted by molar-refractivity contribution is 0.619. The molecule has 12 aromatic carbocycles. The van der Waals surface area contributed by atoms with E-state index < -0.39 is 0 Å². The lowest BCUT2D eigenvalue weighted by Gasteiger charge is -2.12. The molecule has 6 heteroatoms. The number of para-hydroxylation sites is 4. The Labute approximate surface area is 410 Å². The van der Waals surface area contributed by atoms with Crippen LogP contribution >= 0.6 is 0 Å². The summed E-state index contributed by atoms with van der Waals surface area (Å²) in [5.41, 5.74) is 13.5. The topological polar surface area (TPSA) is 61.9 Å². The first kappa shape index (κ1) is 39.1. The third-order valence-electron chi connectivity index (χ3n) is 15.0. The minimum Gasteiger partial charge on any atom is -0.436 e. The van der Waals surface area contributed by atoms with Gasteiger partial charge in [-0.3, -0.25) is 0 Å². The van der Waals surface area contributed by atoms with E-state index in [0.717, 1.165) is 55.7 Å². The fourth-order valence-electron chi connectivity index (χ4n) is 11.9. The van der Waals surface area contributed by atoms with Gasteiger partial charge in [0, 0.05) is 65.9 Å². The van der Waals surface area contributed by atoms with Gasteiger partial charge in [0.1, 0.15) is 11.0 Å². The van der Waals surface area contributed by atoms with Crippen molar-refractivity contribution in [1.29, 1.82) is 0 Å². The second kappa shape index (κ2) is 14.9. The molecule has 0 fully saturated rings. The molecule has 0 unspecified atom stereocenters. The van der Waals surface area contributed by atoms with E-state index in [1.807, 2.05) is 24.3 Å². The summed E-state index contributed by atoms with van der Waals surface area (Å²) in [6.07, 6.45) is 0. The predicted molar refractivity (Wildman–Crippen MR) is 297 cm³/mol. The van der Waals surface area contributed by atoms with Gasteiger partial charge in [0.2, 0.25) is 11.8 Å². The molecule has 4 heterocycles. The minimum atomic E-state index is 0.556. The van der Waals surface area contributed by atoms with Crippen LogP contribution in [0.4, 0.5) is 0 Å². The summed E-state index contributed by atoms with van der Waals surface area (Å²) in [5, 5.41) is 15.0. The third kappa shape index (κ3) is 5.49. The summed E-state index contributed by atoms with van der Waals surface area (Å²) < 4.78 is 17.9. The smallest absolute Gasteiger partial charge is 0.227 e. The Morgan fingerprint density at radius 2 is 0.611 bits per heavy atom. The standard InChI is InChI=1S/C66H38N4O2/c1-5-19-47-43(15-1)45-17-3-7-21-51(45)63-59(47)53-23-9-11-27-55(53)69(63)41-35-31-39(32-36-41)65-67-61-49(25-13-29-57(61)71-65)50-26-14-30-58-62(50)68-66(72-58)40-33-37-42(38-34-40)70-56-28-12-10-24-54(56)60-48-20-6-2-16-44(48)46-18-4-8-22-52(46)64(60)70/h1-38H. The number of aromatic nitrogens is 4. The summed E-state index contributed by atoms with van der Waals surface area (Å²) in [5.74, 6) is 1.11. The van der Waals surface area contributed by atoms with Crippen LogP contribution in [0.1, 0.15) is 0 Å². The van der Waals surface area contributed by atoms with Crippen LogP contribution in [-0.4, -0.2) is 19.1 Å². The van der Waals surface area contributed by atoms with Crippen molar-refractivity contribution in [2.45, 2.75) is 0 Å². The average Bonchev–Trinajstić information content (AvgIpc) is 4.25. The maximum atomic E-state index is 6.56. The number of fused-ring (bicyclic) bond motifs is 18. The van der Waals surface area contributed by atoms with Crippen LogP contribution < -0.4 is 0 Å². The van der Waals surface area contributed by atoms with Crippen molar-refractivity contribution >= 4 is 109 Å². The van der Waals surface area contributed by atoms with Gasteiger partial charge >= 0.3 is 0 Å².